The van der Waals surface area contributed by atoms with E-state index < -0.39 is 0 Å². The maximum atomic E-state index is 9.25. The smallest absolute Gasteiger partial charge is 0.115 e. The molecule has 0 atom stereocenters. The number of rotatable bonds is 7. The van der Waals surface area contributed by atoms with Crippen LogP contribution in [0.25, 0.3) is 0 Å². The summed E-state index contributed by atoms with van der Waals surface area (Å²) >= 11 is 0. The monoisotopic (exact) mass is 236 g/mol. The van der Waals surface area contributed by atoms with Gasteiger partial charge in [0.25, 0.3) is 0 Å². The molecule has 1 aromatic carbocycles. The van der Waals surface area contributed by atoms with Crippen LogP contribution in [-0.4, -0.2) is 29.6 Å². The van der Waals surface area contributed by atoms with Crippen LogP contribution >= 0.6 is 0 Å². The van der Waals surface area contributed by atoms with Gasteiger partial charge in [-0.05, 0) is 43.1 Å². The van der Waals surface area contributed by atoms with Crippen LogP contribution in [0.4, 0.5) is 0 Å². The summed E-state index contributed by atoms with van der Waals surface area (Å²) < 4.78 is 0. The van der Waals surface area contributed by atoms with Crippen molar-refractivity contribution in [3.8, 4) is 5.75 Å². The summed E-state index contributed by atoms with van der Waals surface area (Å²) in [6.45, 7) is 8.25. The molecule has 0 amide bonds. The molecule has 1 rings (SSSR count). The third-order valence-electron chi connectivity index (χ3n) is 2.64. The van der Waals surface area contributed by atoms with Gasteiger partial charge in [0.05, 0.1) is 0 Å². The second kappa shape index (κ2) is 7.30. The Bertz CT molecular complexity index is 309. The van der Waals surface area contributed by atoms with E-state index in [9.17, 15) is 5.11 Å². The van der Waals surface area contributed by atoms with E-state index in [0.717, 1.165) is 32.6 Å². The van der Waals surface area contributed by atoms with Gasteiger partial charge in [0, 0.05) is 13.1 Å². The van der Waals surface area contributed by atoms with Crippen LogP contribution in [-0.2, 0) is 6.54 Å². The van der Waals surface area contributed by atoms with Gasteiger partial charge in [-0.25, -0.2) is 0 Å². The lowest BCUT2D eigenvalue weighted by Gasteiger charge is -2.24. The molecule has 0 aliphatic carbocycles. The predicted molar refractivity (Wildman–Crippen MR) is 71.9 cm³/mol. The highest BCUT2D eigenvalue weighted by Gasteiger charge is 2.07. The van der Waals surface area contributed by atoms with Gasteiger partial charge in [-0.15, -0.1) is 0 Å². The van der Waals surface area contributed by atoms with Gasteiger partial charge in [0.1, 0.15) is 5.75 Å². The van der Waals surface area contributed by atoms with Gasteiger partial charge in [-0.2, -0.15) is 0 Å². The minimum Gasteiger partial charge on any atom is -0.508 e. The van der Waals surface area contributed by atoms with Crippen LogP contribution in [0.3, 0.4) is 0 Å². The average Bonchev–Trinajstić information content (AvgIpc) is 2.28. The lowest BCUT2D eigenvalue weighted by molar-refractivity contribution is 0.234. The van der Waals surface area contributed by atoms with Crippen molar-refractivity contribution in [1.29, 1.82) is 0 Å². The number of phenols is 1. The van der Waals surface area contributed by atoms with Gasteiger partial charge in [-0.1, -0.05) is 26.0 Å². The summed E-state index contributed by atoms with van der Waals surface area (Å²) in [4.78, 5) is 2.42. The number of nitrogens with zero attached hydrogens (tertiary/aromatic N) is 1. The second-order valence-electron chi connectivity index (χ2n) is 4.94. The molecular formula is C14H24N2O. The first-order chi connectivity index (χ1) is 8.11. The fraction of sp³-hybridized carbons (Fsp3) is 0.571. The van der Waals surface area contributed by atoms with Crippen LogP contribution in [0.5, 0.6) is 5.75 Å². The van der Waals surface area contributed by atoms with Crippen molar-refractivity contribution in [1.82, 2.24) is 4.90 Å². The van der Waals surface area contributed by atoms with Crippen LogP contribution in [0.1, 0.15) is 25.8 Å². The first-order valence-electron chi connectivity index (χ1n) is 6.32. The molecule has 0 aliphatic heterocycles. The maximum Gasteiger partial charge on any atom is 0.115 e. The highest BCUT2D eigenvalue weighted by atomic mass is 16.3. The molecule has 0 radical (unpaired) electrons. The van der Waals surface area contributed by atoms with Crippen molar-refractivity contribution in [2.24, 2.45) is 11.7 Å². The Balaban J connectivity index is 2.54. The lowest BCUT2D eigenvalue weighted by Crippen LogP contribution is -2.29. The first-order valence-corrected chi connectivity index (χ1v) is 6.32. The van der Waals surface area contributed by atoms with E-state index in [1.54, 1.807) is 12.1 Å². The Morgan fingerprint density at radius 2 is 1.88 bits per heavy atom. The van der Waals surface area contributed by atoms with Crippen LogP contribution in [0.2, 0.25) is 0 Å². The maximum absolute atomic E-state index is 9.25. The third-order valence-corrected chi connectivity index (χ3v) is 2.64. The number of nitrogens with two attached hydrogens (primary N) is 1. The number of benzene rings is 1. The van der Waals surface area contributed by atoms with E-state index in [-0.39, 0.29) is 0 Å². The molecule has 1 aromatic rings. The van der Waals surface area contributed by atoms with Gasteiger partial charge < -0.3 is 10.8 Å². The SMILES string of the molecule is CC(C)CN(CCCN)Cc1ccc(O)cc1. The number of phenolic OH excluding ortho intramolecular Hbond substituents is 1. The Labute approximate surface area is 104 Å². The molecular weight excluding hydrogens is 212 g/mol. The number of hydrogen-bond acceptors (Lipinski definition) is 3. The Morgan fingerprint density at radius 3 is 2.41 bits per heavy atom. The fourth-order valence-corrected chi connectivity index (χ4v) is 1.93. The molecule has 0 unspecified atom stereocenters. The molecule has 3 nitrogen and oxygen atoms in total. The minimum atomic E-state index is 0.325. The molecule has 3 N–H and O–H groups in total. The van der Waals surface area contributed by atoms with Crippen LogP contribution < -0.4 is 5.73 Å². The molecule has 96 valence electrons. The minimum absolute atomic E-state index is 0.325. The summed E-state index contributed by atoms with van der Waals surface area (Å²) in [7, 11) is 0. The van der Waals surface area contributed by atoms with E-state index in [4.69, 9.17) is 5.73 Å². The summed E-state index contributed by atoms with van der Waals surface area (Å²) in [6.07, 6.45) is 1.03. The summed E-state index contributed by atoms with van der Waals surface area (Å²) in [5, 5.41) is 9.25. The van der Waals surface area contributed by atoms with Crippen molar-refractivity contribution >= 4 is 0 Å². The van der Waals surface area contributed by atoms with Crippen molar-refractivity contribution in [3.05, 3.63) is 29.8 Å². The summed E-state index contributed by atoms with van der Waals surface area (Å²) in [5.74, 6) is 0.982. The Hall–Kier alpha value is -1.06. The number of aromatic hydroxyl groups is 1. The van der Waals surface area contributed by atoms with Gasteiger partial charge in [-0.3, -0.25) is 4.90 Å². The largest absolute Gasteiger partial charge is 0.508 e. The van der Waals surface area contributed by atoms with Crippen LogP contribution in [0.15, 0.2) is 24.3 Å². The van der Waals surface area contributed by atoms with Gasteiger partial charge >= 0.3 is 0 Å². The van der Waals surface area contributed by atoms with E-state index in [1.165, 1.54) is 5.56 Å². The Kier molecular flexibility index (Phi) is 6.01. The molecule has 0 saturated heterocycles. The highest BCUT2D eigenvalue weighted by molar-refractivity contribution is 5.25. The van der Waals surface area contributed by atoms with Crippen molar-refractivity contribution in [2.45, 2.75) is 26.8 Å². The van der Waals surface area contributed by atoms with E-state index >= 15 is 0 Å². The molecule has 0 aliphatic rings. The molecule has 0 spiro atoms. The van der Waals surface area contributed by atoms with Crippen molar-refractivity contribution in [3.63, 3.8) is 0 Å². The van der Waals surface area contributed by atoms with Crippen LogP contribution in [0, 0.1) is 5.92 Å². The van der Waals surface area contributed by atoms with Gasteiger partial charge in [0.2, 0.25) is 0 Å². The van der Waals surface area contributed by atoms with Gasteiger partial charge in [0.15, 0.2) is 0 Å². The molecule has 0 fully saturated rings. The molecule has 0 heterocycles. The molecule has 17 heavy (non-hydrogen) atoms. The summed E-state index contributed by atoms with van der Waals surface area (Å²) in [5.41, 5.74) is 6.80. The quantitative estimate of drug-likeness (QED) is 0.763. The van der Waals surface area contributed by atoms with Crippen molar-refractivity contribution in [2.75, 3.05) is 19.6 Å². The average molecular weight is 236 g/mol. The zero-order valence-corrected chi connectivity index (χ0v) is 10.9. The Morgan fingerprint density at radius 1 is 1.24 bits per heavy atom. The normalized spacial score (nSPS) is 11.4. The summed E-state index contributed by atoms with van der Waals surface area (Å²) in [6, 6.07) is 7.44. The highest BCUT2D eigenvalue weighted by Crippen LogP contribution is 2.12. The van der Waals surface area contributed by atoms with Crippen molar-refractivity contribution < 1.29 is 5.11 Å². The zero-order valence-electron chi connectivity index (χ0n) is 10.9. The standard InChI is InChI=1S/C14H24N2O/c1-12(2)10-16(9-3-8-15)11-13-4-6-14(17)7-5-13/h4-7,12,17H,3,8-11,15H2,1-2H3. The van der Waals surface area contributed by atoms with E-state index in [1.807, 2.05) is 12.1 Å². The van der Waals surface area contributed by atoms with E-state index in [2.05, 4.69) is 18.7 Å². The third kappa shape index (κ3) is 5.71. The number of hydrogen-bond donors (Lipinski definition) is 2. The van der Waals surface area contributed by atoms with E-state index in [0.29, 0.717) is 11.7 Å². The first kappa shape index (κ1) is 14.0. The second-order valence-corrected chi connectivity index (χ2v) is 4.94. The lowest BCUT2D eigenvalue weighted by atomic mass is 10.1. The topological polar surface area (TPSA) is 49.5 Å². The predicted octanol–water partition coefficient (Wildman–Crippen LogP) is 2.20. The molecule has 0 saturated carbocycles. The molecule has 3 heteroatoms. The molecule has 0 aromatic heterocycles. The fourth-order valence-electron chi connectivity index (χ4n) is 1.93. The molecule has 0 bridgehead atoms. The zero-order chi connectivity index (χ0) is 12.7.